The summed E-state index contributed by atoms with van der Waals surface area (Å²) in [5.41, 5.74) is -3.91. The van der Waals surface area contributed by atoms with Crippen LogP contribution in [0.15, 0.2) is 39.5 Å². The van der Waals surface area contributed by atoms with Crippen molar-refractivity contribution in [2.24, 2.45) is 11.3 Å². The molecule has 1 aromatic heterocycles. The molecule has 0 radical (unpaired) electrons. The van der Waals surface area contributed by atoms with E-state index in [0.717, 1.165) is 5.56 Å². The summed E-state index contributed by atoms with van der Waals surface area (Å²) in [6.07, 6.45) is 1.29. The van der Waals surface area contributed by atoms with Crippen LogP contribution in [0.25, 0.3) is 11.3 Å². The lowest BCUT2D eigenvalue weighted by atomic mass is 9.46. The highest BCUT2D eigenvalue weighted by Crippen LogP contribution is 2.77. The predicted octanol–water partition coefficient (Wildman–Crippen LogP) is 3.47. The van der Waals surface area contributed by atoms with Crippen molar-refractivity contribution in [2.45, 2.75) is 81.9 Å². The number of benzene rings is 1. The van der Waals surface area contributed by atoms with Gasteiger partial charge in [-0.05, 0) is 56.4 Å². The van der Waals surface area contributed by atoms with Crippen molar-refractivity contribution in [3.8, 4) is 22.8 Å². The lowest BCUT2D eigenvalue weighted by Crippen LogP contribution is -2.76. The summed E-state index contributed by atoms with van der Waals surface area (Å²) in [5.74, 6) is 1.46. The first kappa shape index (κ1) is 22.1. The molecule has 7 nitrogen and oxygen atoms in total. The van der Waals surface area contributed by atoms with Crippen molar-refractivity contribution in [3.63, 3.8) is 0 Å². The van der Waals surface area contributed by atoms with E-state index in [2.05, 4.69) is 0 Å². The van der Waals surface area contributed by atoms with Crippen molar-refractivity contribution in [1.82, 2.24) is 0 Å². The van der Waals surface area contributed by atoms with Gasteiger partial charge in [-0.3, -0.25) is 0 Å². The van der Waals surface area contributed by atoms with Gasteiger partial charge in [0.2, 0.25) is 0 Å². The Kier molecular flexibility index (Phi) is 4.20. The minimum Gasteiger partial charge on any atom is -0.497 e. The van der Waals surface area contributed by atoms with Gasteiger partial charge in [0.05, 0.1) is 18.8 Å². The number of aliphatic hydroxyl groups excluding tert-OH is 1. The second-order valence-electron chi connectivity index (χ2n) is 11.4. The fraction of sp³-hybridized carbons (Fsp3) is 0.593. The summed E-state index contributed by atoms with van der Waals surface area (Å²) in [5, 5.41) is 23.3. The molecule has 3 fully saturated rings. The number of epoxide rings is 1. The molecule has 2 N–H and O–H groups in total. The molecule has 2 aliphatic carbocycles. The summed E-state index contributed by atoms with van der Waals surface area (Å²) in [6, 6.07) is 9.01. The third kappa shape index (κ3) is 2.31. The maximum absolute atomic E-state index is 13.2. The monoisotopic (exact) mass is 468 g/mol. The SMILES string of the molecule is COc1ccc(-c2cc3c(c(=O)o2)C[C@]2(O)[C@@]45O[C@]4(CC[C@@]2(C)O3)C(C)(C)[C@H](O)C[C@H]5C)cc1. The average Bonchev–Trinajstić information content (AvgIpc) is 3.53. The third-order valence-electron chi connectivity index (χ3n) is 9.63. The molecule has 2 saturated carbocycles. The van der Waals surface area contributed by atoms with E-state index in [0.29, 0.717) is 42.1 Å². The van der Waals surface area contributed by atoms with E-state index in [4.69, 9.17) is 18.6 Å². The average molecular weight is 469 g/mol. The van der Waals surface area contributed by atoms with Gasteiger partial charge in [0, 0.05) is 23.5 Å². The van der Waals surface area contributed by atoms with Gasteiger partial charge in [0.25, 0.3) is 0 Å². The standard InChI is InChI=1S/C27H32O7/c1-15-12-21(28)23(2,3)26-11-10-24(4)25(30,27(15,26)34-26)14-18-20(33-24)13-19(32-22(18)29)16-6-8-17(31-5)9-7-16/h6-9,13,15,21,28,30H,10-12,14H2,1-5H3/t15-,21-,24-,25-,26-,27-/m1/s1. The van der Waals surface area contributed by atoms with Gasteiger partial charge in [0.1, 0.15) is 39.7 Å². The molecule has 0 amide bonds. The van der Waals surface area contributed by atoms with E-state index in [1.54, 1.807) is 25.3 Å². The van der Waals surface area contributed by atoms with Crippen molar-refractivity contribution in [1.29, 1.82) is 0 Å². The Morgan fingerprint density at radius 2 is 1.82 bits per heavy atom. The smallest absolute Gasteiger partial charge is 0.343 e. The zero-order valence-corrected chi connectivity index (χ0v) is 20.3. The second kappa shape index (κ2) is 6.45. The van der Waals surface area contributed by atoms with E-state index < -0.39 is 39.5 Å². The van der Waals surface area contributed by atoms with Crippen molar-refractivity contribution >= 4 is 0 Å². The minimum atomic E-state index is -1.43. The van der Waals surface area contributed by atoms with E-state index in [9.17, 15) is 15.0 Å². The number of ether oxygens (including phenoxy) is 3. The summed E-state index contributed by atoms with van der Waals surface area (Å²) in [7, 11) is 1.60. The highest BCUT2D eigenvalue weighted by molar-refractivity contribution is 5.61. The zero-order chi connectivity index (χ0) is 24.3. The highest BCUT2D eigenvalue weighted by atomic mass is 16.7. The minimum absolute atomic E-state index is 0.0856. The van der Waals surface area contributed by atoms with Gasteiger partial charge < -0.3 is 28.8 Å². The van der Waals surface area contributed by atoms with E-state index >= 15 is 0 Å². The maximum Gasteiger partial charge on any atom is 0.343 e. The lowest BCUT2D eigenvalue weighted by molar-refractivity contribution is -0.215. The molecule has 2 aromatic rings. The van der Waals surface area contributed by atoms with Crippen LogP contribution in [-0.4, -0.2) is 45.8 Å². The van der Waals surface area contributed by atoms with Crippen LogP contribution in [0.3, 0.4) is 0 Å². The number of fused-ring (bicyclic) bond motifs is 2. The van der Waals surface area contributed by atoms with E-state index in [-0.39, 0.29) is 12.3 Å². The van der Waals surface area contributed by atoms with Crippen LogP contribution in [-0.2, 0) is 11.2 Å². The Bertz CT molecular complexity index is 1230. The fourth-order valence-electron chi connectivity index (χ4n) is 7.42. The van der Waals surface area contributed by atoms with Gasteiger partial charge in [-0.25, -0.2) is 4.79 Å². The Morgan fingerprint density at radius 3 is 2.50 bits per heavy atom. The molecule has 4 aliphatic rings. The number of aliphatic hydroxyl groups is 2. The van der Waals surface area contributed by atoms with Crippen molar-refractivity contribution in [2.75, 3.05) is 7.11 Å². The van der Waals surface area contributed by atoms with E-state index in [1.165, 1.54) is 0 Å². The zero-order valence-electron chi connectivity index (χ0n) is 20.3. The van der Waals surface area contributed by atoms with Crippen LogP contribution in [0.5, 0.6) is 11.5 Å². The molecular weight excluding hydrogens is 436 g/mol. The molecule has 0 unspecified atom stereocenters. The highest BCUT2D eigenvalue weighted by Gasteiger charge is 2.92. The quantitative estimate of drug-likeness (QED) is 0.651. The number of rotatable bonds is 2. The summed E-state index contributed by atoms with van der Waals surface area (Å²) in [4.78, 5) is 13.2. The van der Waals surface area contributed by atoms with Gasteiger partial charge in [-0.2, -0.15) is 0 Å². The Labute approximate surface area is 198 Å². The van der Waals surface area contributed by atoms with Gasteiger partial charge in [0.15, 0.2) is 0 Å². The topological polar surface area (TPSA) is 102 Å². The molecule has 3 heterocycles. The van der Waals surface area contributed by atoms with Crippen LogP contribution >= 0.6 is 0 Å². The molecule has 0 spiro atoms. The molecule has 0 bridgehead atoms. The van der Waals surface area contributed by atoms with Crippen LogP contribution in [0, 0.1) is 11.3 Å². The summed E-state index contributed by atoms with van der Waals surface area (Å²) >= 11 is 0. The number of methoxy groups -OCH3 is 1. The first-order valence-corrected chi connectivity index (χ1v) is 12.1. The van der Waals surface area contributed by atoms with Crippen LogP contribution in [0.4, 0.5) is 0 Å². The molecule has 1 saturated heterocycles. The molecule has 6 atom stereocenters. The Morgan fingerprint density at radius 1 is 1.12 bits per heavy atom. The molecular formula is C27H32O7. The van der Waals surface area contributed by atoms with Crippen LogP contribution in [0.2, 0.25) is 0 Å². The second-order valence-corrected chi connectivity index (χ2v) is 11.4. The van der Waals surface area contributed by atoms with Crippen molar-refractivity contribution in [3.05, 3.63) is 46.3 Å². The molecule has 6 rings (SSSR count). The molecule has 34 heavy (non-hydrogen) atoms. The number of hydrogen-bond donors (Lipinski definition) is 2. The molecule has 182 valence electrons. The normalized spacial score (nSPS) is 41.3. The molecule has 7 heteroatoms. The predicted molar refractivity (Wildman–Crippen MR) is 124 cm³/mol. The van der Waals surface area contributed by atoms with Crippen LogP contribution in [0.1, 0.15) is 52.5 Å². The first-order chi connectivity index (χ1) is 15.9. The fourth-order valence-corrected chi connectivity index (χ4v) is 7.42. The Balaban J connectivity index is 1.45. The number of hydrogen-bond acceptors (Lipinski definition) is 7. The van der Waals surface area contributed by atoms with Gasteiger partial charge in [-0.15, -0.1) is 0 Å². The third-order valence-corrected chi connectivity index (χ3v) is 9.63. The van der Waals surface area contributed by atoms with Gasteiger partial charge >= 0.3 is 5.63 Å². The maximum atomic E-state index is 13.2. The lowest BCUT2D eigenvalue weighted by Gasteiger charge is -2.60. The Hall–Kier alpha value is -2.35. The summed E-state index contributed by atoms with van der Waals surface area (Å²) in [6.45, 7) is 7.98. The first-order valence-electron chi connectivity index (χ1n) is 12.1. The van der Waals surface area contributed by atoms with Crippen molar-refractivity contribution < 1.29 is 28.8 Å². The molecule has 1 aromatic carbocycles. The summed E-state index contributed by atoms with van der Waals surface area (Å²) < 4.78 is 24.0. The van der Waals surface area contributed by atoms with Gasteiger partial charge in [-0.1, -0.05) is 20.8 Å². The largest absolute Gasteiger partial charge is 0.497 e. The molecule has 2 aliphatic heterocycles. The van der Waals surface area contributed by atoms with E-state index in [1.807, 2.05) is 39.8 Å². The van der Waals surface area contributed by atoms with Crippen LogP contribution < -0.4 is 15.1 Å².